The van der Waals surface area contributed by atoms with Crippen molar-refractivity contribution in [2.75, 3.05) is 0 Å². The summed E-state index contributed by atoms with van der Waals surface area (Å²) in [4.78, 5) is 13.8. The fourth-order valence-corrected chi connectivity index (χ4v) is 3.59. The minimum absolute atomic E-state index is 0.835. The number of hydrogen-bond donors (Lipinski definition) is 0. The first-order valence-electron chi connectivity index (χ1n) is 10.3. The van der Waals surface area contributed by atoms with E-state index in [1.54, 1.807) is 12.4 Å². The smallest absolute Gasteiger partial charge is 0.0900 e. The quantitative estimate of drug-likeness (QED) is 0.332. The highest BCUT2D eigenvalue weighted by Crippen LogP contribution is 2.30. The highest BCUT2D eigenvalue weighted by Gasteiger charge is 2.10. The molecule has 2 aromatic carbocycles. The second-order valence-corrected chi connectivity index (χ2v) is 7.50. The Balaban J connectivity index is 1.58. The van der Waals surface area contributed by atoms with E-state index in [1.165, 1.54) is 16.7 Å². The average molecular weight is 399 g/mol. The van der Waals surface area contributed by atoms with E-state index in [0.29, 0.717) is 0 Å². The van der Waals surface area contributed by atoms with E-state index in [-0.39, 0.29) is 0 Å². The minimum Gasteiger partial charge on any atom is -0.255 e. The van der Waals surface area contributed by atoms with Crippen molar-refractivity contribution in [3.05, 3.63) is 115 Å². The van der Waals surface area contributed by atoms with E-state index in [1.807, 2.05) is 36.4 Å². The zero-order valence-electron chi connectivity index (χ0n) is 17.2. The molecule has 0 fully saturated rings. The maximum absolute atomic E-state index is 4.85. The molecular weight excluding hydrogens is 378 g/mol. The summed E-state index contributed by atoms with van der Waals surface area (Å²) in [5, 5.41) is 0. The normalized spacial score (nSPS) is 10.7. The van der Waals surface area contributed by atoms with Crippen LogP contribution in [0.3, 0.4) is 0 Å². The molecule has 5 aromatic rings. The van der Waals surface area contributed by atoms with Gasteiger partial charge in [-0.05, 0) is 65.6 Å². The van der Waals surface area contributed by atoms with Crippen LogP contribution in [0.15, 0.2) is 109 Å². The fraction of sp³-hybridized carbons (Fsp3) is 0.0357. The average Bonchev–Trinajstić information content (AvgIpc) is 2.85. The zero-order chi connectivity index (χ0) is 21.0. The predicted molar refractivity (Wildman–Crippen MR) is 126 cm³/mol. The lowest BCUT2D eigenvalue weighted by molar-refractivity contribution is 1.22. The summed E-state index contributed by atoms with van der Waals surface area (Å²) in [6, 6.07) is 33.2. The zero-order valence-corrected chi connectivity index (χ0v) is 17.2. The molecule has 0 radical (unpaired) electrons. The van der Waals surface area contributed by atoms with Crippen molar-refractivity contribution in [1.29, 1.82) is 0 Å². The van der Waals surface area contributed by atoms with Crippen molar-refractivity contribution in [2.24, 2.45) is 0 Å². The molecule has 0 aliphatic carbocycles. The lowest BCUT2D eigenvalue weighted by Crippen LogP contribution is -1.93. The van der Waals surface area contributed by atoms with Crippen LogP contribution in [0.1, 0.15) is 5.56 Å². The summed E-state index contributed by atoms with van der Waals surface area (Å²) in [5.41, 5.74) is 9.27. The topological polar surface area (TPSA) is 38.7 Å². The molecule has 31 heavy (non-hydrogen) atoms. The monoisotopic (exact) mass is 399 g/mol. The molecule has 0 unspecified atom stereocenters. The number of benzene rings is 2. The van der Waals surface area contributed by atoms with Crippen LogP contribution in [-0.4, -0.2) is 15.0 Å². The highest BCUT2D eigenvalue weighted by atomic mass is 14.8. The van der Waals surface area contributed by atoms with Gasteiger partial charge in [-0.1, -0.05) is 66.2 Å². The van der Waals surface area contributed by atoms with Crippen LogP contribution in [0.25, 0.3) is 45.0 Å². The molecule has 0 amide bonds. The Morgan fingerprint density at radius 1 is 0.452 bits per heavy atom. The summed E-state index contributed by atoms with van der Waals surface area (Å²) in [5.74, 6) is 0. The first kappa shape index (κ1) is 18.9. The Kier molecular flexibility index (Phi) is 5.07. The maximum atomic E-state index is 4.85. The van der Waals surface area contributed by atoms with Gasteiger partial charge in [0, 0.05) is 12.4 Å². The van der Waals surface area contributed by atoms with Gasteiger partial charge in [0.1, 0.15) is 0 Å². The minimum atomic E-state index is 0.835. The molecule has 0 atom stereocenters. The Morgan fingerprint density at radius 2 is 0.903 bits per heavy atom. The van der Waals surface area contributed by atoms with E-state index in [2.05, 4.69) is 77.6 Å². The van der Waals surface area contributed by atoms with Gasteiger partial charge in [0.05, 0.1) is 22.8 Å². The molecule has 3 nitrogen and oxygen atoms in total. The molecule has 0 aliphatic rings. The van der Waals surface area contributed by atoms with E-state index in [0.717, 1.165) is 33.9 Å². The molecule has 0 saturated carbocycles. The van der Waals surface area contributed by atoms with Gasteiger partial charge in [0.25, 0.3) is 0 Å². The molecule has 0 spiro atoms. The summed E-state index contributed by atoms with van der Waals surface area (Å²) >= 11 is 0. The molecule has 0 aliphatic heterocycles. The van der Waals surface area contributed by atoms with E-state index >= 15 is 0 Å². The van der Waals surface area contributed by atoms with Crippen LogP contribution in [0.2, 0.25) is 0 Å². The molecular formula is C28H21N3. The molecule has 148 valence electrons. The second kappa shape index (κ2) is 8.33. The van der Waals surface area contributed by atoms with Gasteiger partial charge in [-0.25, -0.2) is 4.98 Å². The molecule has 5 rings (SSSR count). The molecule has 3 heterocycles. The third-order valence-electron chi connectivity index (χ3n) is 5.28. The van der Waals surface area contributed by atoms with Crippen molar-refractivity contribution < 1.29 is 0 Å². The molecule has 0 bridgehead atoms. The maximum Gasteiger partial charge on any atom is 0.0900 e. The Hall–Kier alpha value is -4.11. The summed E-state index contributed by atoms with van der Waals surface area (Å²) in [6.45, 7) is 2.11. The number of aryl methyl sites for hydroxylation is 1. The third kappa shape index (κ3) is 4.12. The predicted octanol–water partition coefficient (Wildman–Crippen LogP) is 6.85. The molecule has 0 N–H and O–H groups in total. The van der Waals surface area contributed by atoms with Gasteiger partial charge in [-0.2, -0.15) is 0 Å². The number of nitrogens with zero attached hydrogens (tertiary/aromatic N) is 3. The first-order valence-corrected chi connectivity index (χ1v) is 10.3. The summed E-state index contributed by atoms with van der Waals surface area (Å²) in [6.07, 6.45) is 3.58. The number of hydrogen-bond acceptors (Lipinski definition) is 3. The van der Waals surface area contributed by atoms with Gasteiger partial charge in [0.15, 0.2) is 0 Å². The van der Waals surface area contributed by atoms with Gasteiger partial charge < -0.3 is 0 Å². The van der Waals surface area contributed by atoms with Crippen LogP contribution in [0.5, 0.6) is 0 Å². The van der Waals surface area contributed by atoms with E-state index < -0.39 is 0 Å². The van der Waals surface area contributed by atoms with E-state index in [9.17, 15) is 0 Å². The van der Waals surface area contributed by atoms with E-state index in [4.69, 9.17) is 4.98 Å². The summed E-state index contributed by atoms with van der Waals surface area (Å²) < 4.78 is 0. The number of pyridine rings is 3. The summed E-state index contributed by atoms with van der Waals surface area (Å²) in [7, 11) is 0. The van der Waals surface area contributed by atoms with Crippen molar-refractivity contribution in [1.82, 2.24) is 15.0 Å². The van der Waals surface area contributed by atoms with Crippen molar-refractivity contribution in [3.8, 4) is 45.0 Å². The van der Waals surface area contributed by atoms with Crippen molar-refractivity contribution >= 4 is 0 Å². The Bertz CT molecular complexity index is 1240. The van der Waals surface area contributed by atoms with Gasteiger partial charge in [0.2, 0.25) is 0 Å². The lowest BCUT2D eigenvalue weighted by atomic mass is 9.98. The SMILES string of the molecule is Cc1ccc(-c2ccc(-c3cc(-c4ccccn4)nc(-c4ccccn4)c3)cc2)cc1. The third-order valence-corrected chi connectivity index (χ3v) is 5.28. The molecule has 3 aromatic heterocycles. The fourth-order valence-electron chi connectivity index (χ4n) is 3.59. The van der Waals surface area contributed by atoms with Gasteiger partial charge in [-0.15, -0.1) is 0 Å². The van der Waals surface area contributed by atoms with Crippen molar-refractivity contribution in [2.45, 2.75) is 6.92 Å². The van der Waals surface area contributed by atoms with Crippen LogP contribution in [-0.2, 0) is 0 Å². The second-order valence-electron chi connectivity index (χ2n) is 7.50. The van der Waals surface area contributed by atoms with Gasteiger partial charge in [-0.3, -0.25) is 9.97 Å². The van der Waals surface area contributed by atoms with Crippen LogP contribution in [0.4, 0.5) is 0 Å². The number of rotatable bonds is 4. The van der Waals surface area contributed by atoms with Gasteiger partial charge >= 0.3 is 0 Å². The Labute approximate surface area is 182 Å². The molecule has 0 saturated heterocycles. The lowest BCUT2D eigenvalue weighted by Gasteiger charge is -2.10. The highest BCUT2D eigenvalue weighted by molar-refractivity contribution is 5.76. The van der Waals surface area contributed by atoms with Crippen LogP contribution in [0, 0.1) is 6.92 Å². The number of aromatic nitrogens is 3. The standard InChI is InChI=1S/C28H21N3/c1-20-8-10-21(11-9-20)22-12-14-23(15-13-22)24-18-27(25-6-2-4-16-29-25)31-28(19-24)26-7-3-5-17-30-26/h2-19H,1H3. The van der Waals surface area contributed by atoms with Crippen molar-refractivity contribution in [3.63, 3.8) is 0 Å². The largest absolute Gasteiger partial charge is 0.255 e. The molecule has 3 heteroatoms. The van der Waals surface area contributed by atoms with Crippen LogP contribution >= 0.6 is 0 Å². The Morgan fingerprint density at radius 3 is 1.35 bits per heavy atom. The van der Waals surface area contributed by atoms with Crippen LogP contribution < -0.4 is 0 Å². The first-order chi connectivity index (χ1) is 15.3.